The number of hydrogen-bond donors (Lipinski definition) is 3. The predicted octanol–water partition coefficient (Wildman–Crippen LogP) is -5.78. The maximum Gasteiger partial charge on any atom is 1.00 e. The first-order valence-electron chi connectivity index (χ1n) is 13.0. The van der Waals surface area contributed by atoms with Crippen molar-refractivity contribution >= 4 is 90.0 Å². The number of nitrogens with two attached hydrogens (primary N) is 2. The fraction of sp³-hybridized carbons (Fsp3) is 0.0833. The minimum atomic E-state index is -5.27. The Bertz CT molecular complexity index is 2150. The van der Waals surface area contributed by atoms with Crippen LogP contribution in [0.5, 0.6) is 0 Å². The molecule has 3 aromatic carbocycles. The Morgan fingerprint density at radius 2 is 1.48 bits per heavy atom. The third-order valence-electron chi connectivity index (χ3n) is 5.91. The van der Waals surface area contributed by atoms with Gasteiger partial charge in [0.25, 0.3) is 0 Å². The SMILES string of the molecule is Nc1c(N=Nc2ccc(S(=O)(=O)CCOSOO[O-])cc2)cc(S(=O)(=O)[O-])c(N)c1N=Nc1cc(Nc2cc(F)nc(F)n2)ccc1SOO[O-].[Na+].[Na+].[Na+]. The Labute approximate surface area is 378 Å². The zero-order valence-electron chi connectivity index (χ0n) is 27.7. The van der Waals surface area contributed by atoms with E-state index in [1.807, 2.05) is 0 Å². The zero-order chi connectivity index (χ0) is 37.2. The van der Waals surface area contributed by atoms with Crippen LogP contribution < -0.4 is 116 Å². The Hall–Kier alpha value is -1.52. The van der Waals surface area contributed by atoms with E-state index in [1.165, 1.54) is 42.5 Å². The van der Waals surface area contributed by atoms with Gasteiger partial charge in [-0.25, -0.2) is 16.8 Å². The maximum atomic E-state index is 13.6. The van der Waals surface area contributed by atoms with Gasteiger partial charge in [-0.15, -0.1) is 19.7 Å². The van der Waals surface area contributed by atoms with Gasteiger partial charge in [-0.3, -0.25) is 14.3 Å². The quantitative estimate of drug-likeness (QED) is 0.00851. The van der Waals surface area contributed by atoms with Crippen LogP contribution in [0.25, 0.3) is 0 Å². The van der Waals surface area contributed by atoms with Gasteiger partial charge < -0.3 is 31.9 Å². The Morgan fingerprint density at radius 3 is 2.11 bits per heavy atom. The molecule has 1 heterocycles. The summed E-state index contributed by atoms with van der Waals surface area (Å²) in [5.41, 5.74) is 10.0. The molecule has 1 aromatic heterocycles. The van der Waals surface area contributed by atoms with Crippen molar-refractivity contribution in [1.82, 2.24) is 9.97 Å². The van der Waals surface area contributed by atoms with Crippen LogP contribution in [-0.2, 0) is 42.9 Å². The van der Waals surface area contributed by atoms with Crippen LogP contribution in [0.4, 0.5) is 54.4 Å². The van der Waals surface area contributed by atoms with Crippen LogP contribution in [0.2, 0.25) is 0 Å². The summed E-state index contributed by atoms with van der Waals surface area (Å²) in [5, 5.41) is 44.8. The summed E-state index contributed by atoms with van der Waals surface area (Å²) in [5.74, 6) is -1.95. The van der Waals surface area contributed by atoms with Crippen molar-refractivity contribution < 1.29 is 152 Å². The molecule has 0 aliphatic heterocycles. The number of halogens is 2. The second-order valence-electron chi connectivity index (χ2n) is 9.13. The van der Waals surface area contributed by atoms with E-state index in [0.29, 0.717) is 12.0 Å². The van der Waals surface area contributed by atoms with Crippen molar-refractivity contribution in [2.75, 3.05) is 29.1 Å². The molecule has 0 bridgehead atoms. The number of benzene rings is 3. The van der Waals surface area contributed by atoms with Crippen molar-refractivity contribution in [2.45, 2.75) is 14.7 Å². The molecular formula is C24H18F2N9Na3O12S4. The molecule has 0 amide bonds. The number of sulfone groups is 1. The minimum Gasteiger partial charge on any atom is -0.744 e. The van der Waals surface area contributed by atoms with E-state index in [0.717, 1.165) is 12.1 Å². The Balaban J connectivity index is 0.00000486. The molecule has 0 saturated heterocycles. The van der Waals surface area contributed by atoms with Gasteiger partial charge in [0.2, 0.25) is 5.95 Å². The van der Waals surface area contributed by atoms with E-state index < -0.39 is 65.4 Å². The number of nitrogens with zero attached hydrogens (tertiary/aromatic N) is 6. The molecule has 4 aromatic rings. The number of hydrogen-bond acceptors (Lipinski definition) is 23. The predicted molar refractivity (Wildman–Crippen MR) is 165 cm³/mol. The number of anilines is 4. The molecule has 0 aliphatic carbocycles. The smallest absolute Gasteiger partial charge is 0.744 e. The van der Waals surface area contributed by atoms with E-state index >= 15 is 0 Å². The van der Waals surface area contributed by atoms with Crippen molar-refractivity contribution in [1.29, 1.82) is 0 Å². The van der Waals surface area contributed by atoms with Gasteiger partial charge in [0.15, 0.2) is 22.2 Å². The molecule has 0 unspecified atom stereocenters. The second-order valence-corrected chi connectivity index (χ2v) is 13.8. The molecule has 54 heavy (non-hydrogen) atoms. The van der Waals surface area contributed by atoms with Gasteiger partial charge in [-0.2, -0.15) is 28.2 Å². The largest absolute Gasteiger partial charge is 1.00 e. The van der Waals surface area contributed by atoms with Crippen LogP contribution >= 0.6 is 24.4 Å². The van der Waals surface area contributed by atoms with Gasteiger partial charge in [-0.05, 0) is 48.5 Å². The van der Waals surface area contributed by atoms with E-state index in [4.69, 9.17) is 15.7 Å². The fourth-order valence-corrected chi connectivity index (χ4v) is 6.16. The van der Waals surface area contributed by atoms with Crippen LogP contribution in [0.15, 0.2) is 89.7 Å². The van der Waals surface area contributed by atoms with Crippen LogP contribution in [-0.4, -0.2) is 43.7 Å². The normalized spacial score (nSPS) is 11.6. The maximum absolute atomic E-state index is 13.6. The monoisotopic (exact) mass is 859 g/mol. The summed E-state index contributed by atoms with van der Waals surface area (Å²) in [6, 6.07) is 10.3. The summed E-state index contributed by atoms with van der Waals surface area (Å²) in [6.45, 7) is -0.352. The number of rotatable bonds is 17. The van der Waals surface area contributed by atoms with E-state index in [9.17, 15) is 40.7 Å². The van der Waals surface area contributed by atoms with Crippen LogP contribution in [0.1, 0.15) is 0 Å². The molecule has 0 aliphatic rings. The standard InChI is InChI=1S/C24H21F2N9O12S4.3Na/c25-19-11-20(31-24(26)30-19)29-13-3-6-17(48-46-44-36)15(9-13)33-35-23-21(27)16(10-18(22(23)28)51(40,41)42)34-32-12-1-4-14(5-2-12)50(38,39)8-7-43-49-47-45-37;;;/h1-6,9-11,36-37H,7-8,27-28H2,(H,29,30,31)(H,40,41,42);;;/q;3*+1/p-3. The first kappa shape index (κ1) is 50.5. The minimum absolute atomic E-state index is 0. The number of aromatic nitrogens is 2. The average Bonchev–Trinajstić information content (AvgIpc) is 3.06. The number of azo groups is 2. The molecule has 272 valence electrons. The molecule has 0 saturated carbocycles. The van der Waals surface area contributed by atoms with Gasteiger partial charge in [0.05, 0.1) is 56.2 Å². The van der Waals surface area contributed by atoms with E-state index in [2.05, 4.69) is 54.5 Å². The Morgan fingerprint density at radius 1 is 0.815 bits per heavy atom. The Kier molecular flexibility index (Phi) is 22.1. The second kappa shape index (κ2) is 23.6. The summed E-state index contributed by atoms with van der Waals surface area (Å²) < 4.78 is 101. The molecule has 5 N–H and O–H groups in total. The molecule has 0 radical (unpaired) electrons. The van der Waals surface area contributed by atoms with Crippen LogP contribution in [0.3, 0.4) is 0 Å². The van der Waals surface area contributed by atoms with E-state index in [1.54, 1.807) is 0 Å². The summed E-state index contributed by atoms with van der Waals surface area (Å²) >= 11 is 0.512. The topological polar surface area (TPSA) is 323 Å². The summed E-state index contributed by atoms with van der Waals surface area (Å²) in [6.07, 6.45) is -1.36. The zero-order valence-corrected chi connectivity index (χ0v) is 37.0. The number of nitrogen functional groups attached to an aromatic ring is 2. The van der Waals surface area contributed by atoms with Gasteiger partial charge in [0.1, 0.15) is 33.0 Å². The van der Waals surface area contributed by atoms with Crippen molar-refractivity contribution in [3.05, 3.63) is 66.6 Å². The fourth-order valence-electron chi connectivity index (χ4n) is 3.72. The first-order chi connectivity index (χ1) is 24.2. The molecular weight excluding hydrogens is 842 g/mol. The van der Waals surface area contributed by atoms with Crippen LogP contribution in [0, 0.1) is 12.0 Å². The molecule has 0 fully saturated rings. The van der Waals surface area contributed by atoms with Gasteiger partial charge >= 0.3 is 94.8 Å². The van der Waals surface area contributed by atoms with Crippen molar-refractivity contribution in [3.8, 4) is 0 Å². The average molecular weight is 860 g/mol. The van der Waals surface area contributed by atoms with Crippen molar-refractivity contribution in [2.24, 2.45) is 20.5 Å². The molecule has 0 spiro atoms. The summed E-state index contributed by atoms with van der Waals surface area (Å²) in [7, 11) is -9.11. The first-order valence-corrected chi connectivity index (χ1v) is 17.5. The third-order valence-corrected chi connectivity index (χ3v) is 9.50. The molecule has 21 nitrogen and oxygen atoms in total. The molecule has 0 atom stereocenters. The van der Waals surface area contributed by atoms with Crippen molar-refractivity contribution in [3.63, 3.8) is 0 Å². The summed E-state index contributed by atoms with van der Waals surface area (Å²) in [4.78, 5) is 5.22. The molecule has 30 heteroatoms. The third kappa shape index (κ3) is 14.8. The van der Waals surface area contributed by atoms with E-state index in [-0.39, 0.29) is 140 Å². The van der Waals surface area contributed by atoms with Gasteiger partial charge in [-0.1, -0.05) is 0 Å². The van der Waals surface area contributed by atoms with Gasteiger partial charge in [0, 0.05) is 11.8 Å². The molecule has 4 rings (SSSR count). The number of nitrogens with one attached hydrogen (secondary N) is 1.